The molecule has 4 nitrogen and oxygen atoms in total. The molecule has 2 aromatic rings. The molecule has 1 heterocycles. The van der Waals surface area contributed by atoms with Gasteiger partial charge >= 0.3 is 6.36 Å². The van der Waals surface area contributed by atoms with Gasteiger partial charge in [-0.05, 0) is 44.2 Å². The molecule has 128 valence electrons. The molecular formula is C17H17F3N2O2. The van der Waals surface area contributed by atoms with E-state index in [1.807, 2.05) is 0 Å². The highest BCUT2D eigenvalue weighted by Gasteiger charge is 2.32. The molecule has 0 amide bonds. The number of ether oxygens (including phenoxy) is 1. The van der Waals surface area contributed by atoms with Gasteiger partial charge in [0.2, 0.25) is 0 Å². The third kappa shape index (κ3) is 4.79. The minimum absolute atomic E-state index is 0.00509. The number of halogens is 3. The monoisotopic (exact) mass is 338 g/mol. The van der Waals surface area contributed by atoms with Gasteiger partial charge in [-0.25, -0.2) is 0 Å². The molecule has 0 saturated heterocycles. The van der Waals surface area contributed by atoms with Gasteiger partial charge < -0.3 is 10.1 Å². The van der Waals surface area contributed by atoms with Crippen LogP contribution in [0.3, 0.4) is 0 Å². The van der Waals surface area contributed by atoms with Gasteiger partial charge in [-0.15, -0.1) is 13.2 Å². The lowest BCUT2D eigenvalue weighted by Crippen LogP contribution is -2.34. The lowest BCUT2D eigenvalue weighted by molar-refractivity contribution is -0.274. The number of para-hydroxylation sites is 1. The van der Waals surface area contributed by atoms with Gasteiger partial charge in [0.1, 0.15) is 11.5 Å². The second-order valence-electron chi connectivity index (χ2n) is 5.25. The smallest absolute Gasteiger partial charge is 0.405 e. The standard InChI is InChI=1S/C17H17F3N2O2/c1-11(23)15(21-2)9-12-7-8-14(22-10-12)13-5-3-4-6-16(13)24-17(18,19)20/h3-8,10,15,21H,9H2,1-2H3/t15-/m0/s1. The van der Waals surface area contributed by atoms with Crippen molar-refractivity contribution in [1.82, 2.24) is 10.3 Å². The number of hydrogen-bond donors (Lipinski definition) is 1. The molecule has 0 aliphatic carbocycles. The van der Waals surface area contributed by atoms with E-state index in [0.717, 1.165) is 5.56 Å². The van der Waals surface area contributed by atoms with Gasteiger partial charge in [0.05, 0.1) is 11.7 Å². The van der Waals surface area contributed by atoms with E-state index in [4.69, 9.17) is 0 Å². The number of aromatic nitrogens is 1. The first-order chi connectivity index (χ1) is 11.3. The summed E-state index contributed by atoms with van der Waals surface area (Å²) in [6.07, 6.45) is -2.76. The largest absolute Gasteiger partial charge is 0.573 e. The fourth-order valence-electron chi connectivity index (χ4n) is 2.28. The van der Waals surface area contributed by atoms with E-state index in [9.17, 15) is 18.0 Å². The summed E-state index contributed by atoms with van der Waals surface area (Å²) in [6.45, 7) is 1.49. The average molecular weight is 338 g/mol. The zero-order valence-electron chi connectivity index (χ0n) is 13.2. The molecule has 7 heteroatoms. The van der Waals surface area contributed by atoms with Crippen molar-refractivity contribution in [3.05, 3.63) is 48.2 Å². The van der Waals surface area contributed by atoms with Crippen molar-refractivity contribution in [3.8, 4) is 17.0 Å². The number of likely N-dealkylation sites (N-methyl/N-ethyl adjacent to an activating group) is 1. The highest BCUT2D eigenvalue weighted by molar-refractivity contribution is 5.81. The van der Waals surface area contributed by atoms with Crippen molar-refractivity contribution >= 4 is 5.78 Å². The van der Waals surface area contributed by atoms with Crippen LogP contribution < -0.4 is 10.1 Å². The van der Waals surface area contributed by atoms with Crippen LogP contribution in [0, 0.1) is 0 Å². The Balaban J connectivity index is 2.24. The van der Waals surface area contributed by atoms with Gasteiger partial charge in [0.15, 0.2) is 0 Å². The van der Waals surface area contributed by atoms with E-state index in [1.54, 1.807) is 31.4 Å². The Bertz CT molecular complexity index is 700. The molecule has 24 heavy (non-hydrogen) atoms. The van der Waals surface area contributed by atoms with Crippen LogP contribution in [-0.2, 0) is 11.2 Å². The number of nitrogens with one attached hydrogen (secondary N) is 1. The van der Waals surface area contributed by atoms with E-state index in [2.05, 4.69) is 15.0 Å². The van der Waals surface area contributed by atoms with Gasteiger partial charge in [0, 0.05) is 11.8 Å². The lowest BCUT2D eigenvalue weighted by atomic mass is 10.0. The maximum atomic E-state index is 12.5. The van der Waals surface area contributed by atoms with Gasteiger partial charge in [-0.3, -0.25) is 9.78 Å². The molecular weight excluding hydrogens is 321 g/mol. The minimum Gasteiger partial charge on any atom is -0.405 e. The molecule has 1 aromatic heterocycles. The molecule has 0 saturated carbocycles. The van der Waals surface area contributed by atoms with Crippen molar-refractivity contribution in [3.63, 3.8) is 0 Å². The Hall–Kier alpha value is -2.41. The van der Waals surface area contributed by atoms with Crippen molar-refractivity contribution < 1.29 is 22.7 Å². The maximum absolute atomic E-state index is 12.5. The zero-order chi connectivity index (χ0) is 17.7. The van der Waals surface area contributed by atoms with Crippen LogP contribution in [0.25, 0.3) is 11.3 Å². The van der Waals surface area contributed by atoms with Crippen LogP contribution in [0.5, 0.6) is 5.75 Å². The van der Waals surface area contributed by atoms with E-state index in [-0.39, 0.29) is 23.1 Å². The van der Waals surface area contributed by atoms with Crippen molar-refractivity contribution in [2.45, 2.75) is 25.7 Å². The Kier molecular flexibility index (Phi) is 5.56. The molecule has 0 bridgehead atoms. The van der Waals surface area contributed by atoms with Gasteiger partial charge in [0.25, 0.3) is 0 Å². The summed E-state index contributed by atoms with van der Waals surface area (Å²) < 4.78 is 41.5. The summed E-state index contributed by atoms with van der Waals surface area (Å²) >= 11 is 0. The summed E-state index contributed by atoms with van der Waals surface area (Å²) in [5, 5.41) is 2.91. The quantitative estimate of drug-likeness (QED) is 0.877. The predicted molar refractivity (Wildman–Crippen MR) is 83.6 cm³/mol. The normalized spacial score (nSPS) is 12.7. The predicted octanol–water partition coefficient (Wildman–Crippen LogP) is 3.37. The number of alkyl halides is 3. The Morgan fingerprint density at radius 1 is 1.25 bits per heavy atom. The molecule has 0 spiro atoms. The SMILES string of the molecule is CN[C@@H](Cc1ccc(-c2ccccc2OC(F)(F)F)nc1)C(C)=O. The highest BCUT2D eigenvalue weighted by Crippen LogP contribution is 2.32. The number of benzene rings is 1. The molecule has 1 atom stereocenters. The molecule has 0 unspecified atom stereocenters. The van der Waals surface area contributed by atoms with Crippen LogP contribution in [0.1, 0.15) is 12.5 Å². The Morgan fingerprint density at radius 2 is 1.96 bits per heavy atom. The van der Waals surface area contributed by atoms with Gasteiger partial charge in [-0.2, -0.15) is 0 Å². The molecule has 2 rings (SSSR count). The fourth-order valence-corrected chi connectivity index (χ4v) is 2.28. The maximum Gasteiger partial charge on any atom is 0.573 e. The summed E-state index contributed by atoms with van der Waals surface area (Å²) in [5.41, 5.74) is 1.42. The number of carbonyl (C=O) groups excluding carboxylic acids is 1. The Labute approximate surface area is 137 Å². The van der Waals surface area contributed by atoms with Crippen LogP contribution in [0.15, 0.2) is 42.6 Å². The second-order valence-corrected chi connectivity index (χ2v) is 5.25. The number of nitrogens with zero attached hydrogens (tertiary/aromatic N) is 1. The number of pyridine rings is 1. The summed E-state index contributed by atoms with van der Waals surface area (Å²) in [6, 6.07) is 8.85. The first-order valence-corrected chi connectivity index (χ1v) is 7.28. The number of carbonyl (C=O) groups is 1. The summed E-state index contributed by atoms with van der Waals surface area (Å²) in [4.78, 5) is 15.6. The van der Waals surface area contributed by atoms with Crippen LogP contribution >= 0.6 is 0 Å². The molecule has 0 aliphatic heterocycles. The third-order valence-corrected chi connectivity index (χ3v) is 3.49. The van der Waals surface area contributed by atoms with Crippen LogP contribution in [0.2, 0.25) is 0 Å². The van der Waals surface area contributed by atoms with Crippen molar-refractivity contribution in [2.75, 3.05) is 7.05 Å². The van der Waals surface area contributed by atoms with Crippen molar-refractivity contribution in [1.29, 1.82) is 0 Å². The van der Waals surface area contributed by atoms with Crippen molar-refractivity contribution in [2.24, 2.45) is 0 Å². The molecule has 1 aromatic carbocycles. The van der Waals surface area contributed by atoms with E-state index >= 15 is 0 Å². The average Bonchev–Trinajstić information content (AvgIpc) is 2.52. The topological polar surface area (TPSA) is 51.2 Å². The number of hydrogen-bond acceptors (Lipinski definition) is 4. The highest BCUT2D eigenvalue weighted by atomic mass is 19.4. The molecule has 0 aliphatic rings. The van der Waals surface area contributed by atoms with E-state index in [1.165, 1.54) is 25.1 Å². The lowest BCUT2D eigenvalue weighted by Gasteiger charge is -2.14. The Morgan fingerprint density at radius 3 is 2.50 bits per heavy atom. The first-order valence-electron chi connectivity index (χ1n) is 7.28. The number of Topliss-reactive ketones (excluding diaryl/α,β-unsaturated/α-hetero) is 1. The number of rotatable bonds is 6. The molecule has 0 fully saturated rings. The summed E-state index contributed by atoms with van der Waals surface area (Å²) in [5.74, 6) is -0.299. The van der Waals surface area contributed by atoms with Crippen LogP contribution in [0.4, 0.5) is 13.2 Å². The molecule has 1 N–H and O–H groups in total. The van der Waals surface area contributed by atoms with Gasteiger partial charge in [-0.1, -0.05) is 18.2 Å². The minimum atomic E-state index is -4.77. The van der Waals surface area contributed by atoms with E-state index < -0.39 is 6.36 Å². The second kappa shape index (κ2) is 7.44. The first kappa shape index (κ1) is 17.9. The van der Waals surface area contributed by atoms with Crippen LogP contribution in [-0.4, -0.2) is 30.2 Å². The summed E-state index contributed by atoms with van der Waals surface area (Å²) in [7, 11) is 1.69. The zero-order valence-corrected chi connectivity index (χ0v) is 13.2. The van der Waals surface area contributed by atoms with E-state index in [0.29, 0.717) is 12.1 Å². The molecule has 0 radical (unpaired) electrons. The fraction of sp³-hybridized carbons (Fsp3) is 0.294. The third-order valence-electron chi connectivity index (χ3n) is 3.49. The number of ketones is 1.